The Balaban J connectivity index is 2.05. The maximum Gasteiger partial charge on any atom is 0.295 e. The third-order valence-electron chi connectivity index (χ3n) is 5.25. The molecule has 170 valence electrons. The molecule has 1 unspecified atom stereocenters. The Bertz CT molecular complexity index is 980. The van der Waals surface area contributed by atoms with Gasteiger partial charge in [-0.2, -0.15) is 0 Å². The van der Waals surface area contributed by atoms with Gasteiger partial charge in [-0.1, -0.05) is 32.9 Å². The number of Topliss-reactive ketones (excluding diaryl/α,β-unsaturated/α-hetero) is 1. The van der Waals surface area contributed by atoms with Gasteiger partial charge < -0.3 is 19.5 Å². The van der Waals surface area contributed by atoms with Crippen molar-refractivity contribution in [3.8, 4) is 11.5 Å². The quantitative estimate of drug-likeness (QED) is 0.318. The van der Waals surface area contributed by atoms with Crippen molar-refractivity contribution in [2.45, 2.75) is 46.1 Å². The Morgan fingerprint density at radius 1 is 0.906 bits per heavy atom. The first-order valence-corrected chi connectivity index (χ1v) is 11.3. The van der Waals surface area contributed by atoms with Gasteiger partial charge in [-0.15, -0.1) is 0 Å². The topological polar surface area (TPSA) is 76.1 Å². The lowest BCUT2D eigenvalue weighted by molar-refractivity contribution is -0.139. The highest BCUT2D eigenvalue weighted by atomic mass is 16.5. The van der Waals surface area contributed by atoms with E-state index in [9.17, 15) is 14.7 Å². The van der Waals surface area contributed by atoms with Gasteiger partial charge in [0.1, 0.15) is 17.3 Å². The second-order valence-electron chi connectivity index (χ2n) is 7.79. The van der Waals surface area contributed by atoms with Crippen molar-refractivity contribution in [2.24, 2.45) is 0 Å². The number of aliphatic hydroxyl groups is 1. The van der Waals surface area contributed by atoms with Gasteiger partial charge in [0, 0.05) is 12.1 Å². The normalized spacial score (nSPS) is 17.6. The highest BCUT2D eigenvalue weighted by Crippen LogP contribution is 2.40. The highest BCUT2D eigenvalue weighted by Gasteiger charge is 2.45. The number of ether oxygens (including phenoxy) is 2. The molecule has 1 fully saturated rings. The van der Waals surface area contributed by atoms with Crippen LogP contribution in [0.15, 0.2) is 54.1 Å². The van der Waals surface area contributed by atoms with Crippen LogP contribution < -0.4 is 9.47 Å². The molecule has 0 aromatic heterocycles. The largest absolute Gasteiger partial charge is 0.507 e. The zero-order chi connectivity index (χ0) is 23.1. The lowest BCUT2D eigenvalue weighted by Crippen LogP contribution is -2.30. The van der Waals surface area contributed by atoms with E-state index in [1.54, 1.807) is 24.3 Å². The van der Waals surface area contributed by atoms with Crippen LogP contribution in [0.1, 0.15) is 57.2 Å². The van der Waals surface area contributed by atoms with Crippen LogP contribution in [0.4, 0.5) is 0 Å². The van der Waals surface area contributed by atoms with Gasteiger partial charge in [0.25, 0.3) is 11.7 Å². The molecule has 1 amide bonds. The number of hydrogen-bond donors (Lipinski definition) is 1. The standard InChI is InChI=1S/C26H31NO5/c1-4-14-27-23(19-8-7-9-21(17-19)32-16-6-3)22(25(29)26(27)30)24(28)18-10-12-20(13-11-18)31-15-5-2/h7-13,17,23,28H,4-6,14-16H2,1-3H3/b24-22-. The maximum absolute atomic E-state index is 13.0. The van der Waals surface area contributed by atoms with Crippen molar-refractivity contribution < 1.29 is 24.2 Å². The SMILES string of the molecule is CCCOc1ccc(/C(O)=C2/C(=O)C(=O)N(CCC)C2c2cccc(OCCC)c2)cc1. The zero-order valence-corrected chi connectivity index (χ0v) is 19.0. The first kappa shape index (κ1) is 23.4. The first-order chi connectivity index (χ1) is 15.5. The molecule has 3 rings (SSSR count). The number of carbonyl (C=O) groups excluding carboxylic acids is 2. The van der Waals surface area contributed by atoms with E-state index in [0.717, 1.165) is 18.4 Å². The molecular weight excluding hydrogens is 406 g/mol. The molecule has 1 aliphatic rings. The molecule has 1 atom stereocenters. The molecule has 0 spiro atoms. The number of likely N-dealkylation sites (tertiary alicyclic amines) is 1. The van der Waals surface area contributed by atoms with Gasteiger partial charge >= 0.3 is 0 Å². The third-order valence-corrected chi connectivity index (χ3v) is 5.25. The molecule has 1 N–H and O–H groups in total. The average molecular weight is 438 g/mol. The van der Waals surface area contributed by atoms with Crippen molar-refractivity contribution in [3.63, 3.8) is 0 Å². The van der Waals surface area contributed by atoms with Crippen LogP contribution in [0.2, 0.25) is 0 Å². The predicted molar refractivity (Wildman–Crippen MR) is 124 cm³/mol. The van der Waals surface area contributed by atoms with Gasteiger partial charge in [-0.3, -0.25) is 9.59 Å². The number of rotatable bonds is 10. The number of carbonyl (C=O) groups is 2. The van der Waals surface area contributed by atoms with Crippen LogP contribution in [0.3, 0.4) is 0 Å². The van der Waals surface area contributed by atoms with Crippen LogP contribution in [-0.2, 0) is 9.59 Å². The Labute approximate surface area is 189 Å². The third kappa shape index (κ3) is 4.96. The molecule has 0 bridgehead atoms. The van der Waals surface area contributed by atoms with Gasteiger partial charge in [0.2, 0.25) is 0 Å². The molecule has 32 heavy (non-hydrogen) atoms. The molecule has 1 heterocycles. The molecule has 6 heteroatoms. The number of nitrogens with zero attached hydrogens (tertiary/aromatic N) is 1. The minimum Gasteiger partial charge on any atom is -0.507 e. The molecular formula is C26H31NO5. The summed E-state index contributed by atoms with van der Waals surface area (Å²) in [4.78, 5) is 27.4. The maximum atomic E-state index is 13.0. The first-order valence-electron chi connectivity index (χ1n) is 11.3. The van der Waals surface area contributed by atoms with Crippen molar-refractivity contribution in [3.05, 3.63) is 65.2 Å². The fraction of sp³-hybridized carbons (Fsp3) is 0.385. The van der Waals surface area contributed by atoms with Crippen LogP contribution in [0.5, 0.6) is 11.5 Å². The van der Waals surface area contributed by atoms with E-state index in [2.05, 4.69) is 0 Å². The van der Waals surface area contributed by atoms with E-state index < -0.39 is 17.7 Å². The monoisotopic (exact) mass is 437 g/mol. The van der Waals surface area contributed by atoms with Crippen LogP contribution >= 0.6 is 0 Å². The number of hydrogen-bond acceptors (Lipinski definition) is 5. The summed E-state index contributed by atoms with van der Waals surface area (Å²) in [7, 11) is 0. The van der Waals surface area contributed by atoms with Crippen molar-refractivity contribution in [1.82, 2.24) is 4.90 Å². The fourth-order valence-electron chi connectivity index (χ4n) is 3.78. The van der Waals surface area contributed by atoms with E-state index >= 15 is 0 Å². The second kappa shape index (κ2) is 10.8. The number of benzene rings is 2. The molecule has 2 aromatic rings. The van der Waals surface area contributed by atoms with Crippen LogP contribution in [0, 0.1) is 0 Å². The highest BCUT2D eigenvalue weighted by molar-refractivity contribution is 6.46. The summed E-state index contributed by atoms with van der Waals surface area (Å²) in [6.07, 6.45) is 2.46. The van der Waals surface area contributed by atoms with Gasteiger partial charge in [-0.25, -0.2) is 0 Å². The predicted octanol–water partition coefficient (Wildman–Crippen LogP) is 5.10. The lowest BCUT2D eigenvalue weighted by Gasteiger charge is -2.25. The summed E-state index contributed by atoms with van der Waals surface area (Å²) in [5, 5.41) is 11.1. The Kier molecular flexibility index (Phi) is 7.92. The lowest BCUT2D eigenvalue weighted by atomic mass is 9.95. The Morgan fingerprint density at radius 3 is 2.19 bits per heavy atom. The number of amides is 1. The van der Waals surface area contributed by atoms with E-state index in [0.29, 0.717) is 43.2 Å². The average Bonchev–Trinajstić information content (AvgIpc) is 3.06. The number of ketones is 1. The van der Waals surface area contributed by atoms with Crippen molar-refractivity contribution in [2.75, 3.05) is 19.8 Å². The molecule has 0 aliphatic carbocycles. The van der Waals surface area contributed by atoms with Gasteiger partial charge in [-0.05, 0) is 61.2 Å². The van der Waals surface area contributed by atoms with E-state index in [1.165, 1.54) is 4.90 Å². The summed E-state index contributed by atoms with van der Waals surface area (Å²) < 4.78 is 11.3. The summed E-state index contributed by atoms with van der Waals surface area (Å²) >= 11 is 0. The summed E-state index contributed by atoms with van der Waals surface area (Å²) in [6.45, 7) is 7.59. The van der Waals surface area contributed by atoms with Crippen molar-refractivity contribution in [1.29, 1.82) is 0 Å². The van der Waals surface area contributed by atoms with Crippen LogP contribution in [-0.4, -0.2) is 41.5 Å². The Hall–Kier alpha value is -3.28. The van der Waals surface area contributed by atoms with Gasteiger partial charge in [0.05, 0.1) is 24.8 Å². The molecule has 0 saturated carbocycles. The molecule has 0 radical (unpaired) electrons. The van der Waals surface area contributed by atoms with E-state index in [1.807, 2.05) is 45.0 Å². The van der Waals surface area contributed by atoms with Gasteiger partial charge in [0.15, 0.2) is 0 Å². The minimum atomic E-state index is -0.674. The zero-order valence-electron chi connectivity index (χ0n) is 19.0. The smallest absolute Gasteiger partial charge is 0.295 e. The van der Waals surface area contributed by atoms with Crippen molar-refractivity contribution >= 4 is 17.4 Å². The second-order valence-corrected chi connectivity index (χ2v) is 7.79. The molecule has 1 saturated heterocycles. The Morgan fingerprint density at radius 2 is 1.56 bits per heavy atom. The van der Waals surface area contributed by atoms with Crippen LogP contribution in [0.25, 0.3) is 5.76 Å². The summed E-state index contributed by atoms with van der Waals surface area (Å²) in [6, 6.07) is 13.6. The molecule has 2 aromatic carbocycles. The van der Waals surface area contributed by atoms with E-state index in [-0.39, 0.29) is 11.3 Å². The summed E-state index contributed by atoms with van der Waals surface area (Å²) in [5.74, 6) is -0.0989. The fourth-order valence-corrected chi connectivity index (χ4v) is 3.78. The van der Waals surface area contributed by atoms with E-state index in [4.69, 9.17) is 9.47 Å². The minimum absolute atomic E-state index is 0.0957. The summed E-state index contributed by atoms with van der Waals surface area (Å²) in [5.41, 5.74) is 1.29. The molecule has 6 nitrogen and oxygen atoms in total. The number of aliphatic hydroxyl groups excluding tert-OH is 1. The molecule has 1 aliphatic heterocycles.